The van der Waals surface area contributed by atoms with Crippen molar-refractivity contribution in [2.45, 2.75) is 26.6 Å². The van der Waals surface area contributed by atoms with E-state index in [0.29, 0.717) is 19.7 Å². The summed E-state index contributed by atoms with van der Waals surface area (Å²) in [6.45, 7) is 4.60. The molecule has 8 heteroatoms. The zero-order valence-corrected chi connectivity index (χ0v) is 11.4. The molecule has 0 saturated heterocycles. The fraction of sp³-hybridized carbons (Fsp3) is 0.636. The highest BCUT2D eigenvalue weighted by Crippen LogP contribution is 2.07. The van der Waals surface area contributed by atoms with E-state index in [9.17, 15) is 0 Å². The molecule has 0 atom stereocenters. The fourth-order valence-electron chi connectivity index (χ4n) is 1.72. The number of aryl methyl sites for hydroxylation is 1. The Morgan fingerprint density at radius 1 is 1.37 bits per heavy atom. The molecule has 0 amide bonds. The zero-order valence-electron chi connectivity index (χ0n) is 11.4. The van der Waals surface area contributed by atoms with Gasteiger partial charge in [0, 0.05) is 20.2 Å². The van der Waals surface area contributed by atoms with E-state index in [4.69, 9.17) is 4.74 Å². The average molecular weight is 266 g/mol. The molecule has 2 heterocycles. The topological polar surface area (TPSA) is 82.1 Å². The van der Waals surface area contributed by atoms with Crippen molar-refractivity contribution in [2.24, 2.45) is 0 Å². The monoisotopic (exact) mass is 266 g/mol. The van der Waals surface area contributed by atoms with Gasteiger partial charge in [-0.2, -0.15) is 0 Å². The van der Waals surface area contributed by atoms with Crippen molar-refractivity contribution < 1.29 is 9.37 Å². The van der Waals surface area contributed by atoms with Crippen molar-refractivity contribution in [3.63, 3.8) is 0 Å². The quantitative estimate of drug-likeness (QED) is 0.710. The summed E-state index contributed by atoms with van der Waals surface area (Å²) < 4.78 is 11.7. The van der Waals surface area contributed by atoms with Gasteiger partial charge >= 0.3 is 0 Å². The summed E-state index contributed by atoms with van der Waals surface area (Å²) in [6.07, 6.45) is 1.71. The van der Waals surface area contributed by atoms with Crippen LogP contribution in [0.5, 0.6) is 0 Å². The van der Waals surface area contributed by atoms with Crippen molar-refractivity contribution in [1.82, 2.24) is 30.0 Å². The van der Waals surface area contributed by atoms with Crippen LogP contribution in [0.2, 0.25) is 0 Å². The largest absolute Gasteiger partial charge is 0.383 e. The highest BCUT2D eigenvalue weighted by atomic mass is 16.6. The van der Waals surface area contributed by atoms with Crippen LogP contribution in [-0.4, -0.2) is 50.7 Å². The van der Waals surface area contributed by atoms with Crippen molar-refractivity contribution in [3.05, 3.63) is 23.5 Å². The van der Waals surface area contributed by atoms with Gasteiger partial charge in [0.05, 0.1) is 13.2 Å². The van der Waals surface area contributed by atoms with Gasteiger partial charge in [0.15, 0.2) is 0 Å². The van der Waals surface area contributed by atoms with Gasteiger partial charge in [-0.15, -0.1) is 10.2 Å². The first-order valence-electron chi connectivity index (χ1n) is 6.03. The summed E-state index contributed by atoms with van der Waals surface area (Å²) >= 11 is 0. The molecule has 0 saturated carbocycles. The molecule has 2 aromatic rings. The van der Waals surface area contributed by atoms with E-state index >= 15 is 0 Å². The van der Waals surface area contributed by atoms with E-state index in [0.717, 1.165) is 23.8 Å². The lowest BCUT2D eigenvalue weighted by molar-refractivity contribution is 0.184. The third kappa shape index (κ3) is 3.58. The van der Waals surface area contributed by atoms with Crippen LogP contribution >= 0.6 is 0 Å². The first-order valence-corrected chi connectivity index (χ1v) is 6.03. The van der Waals surface area contributed by atoms with Crippen molar-refractivity contribution >= 4 is 0 Å². The summed E-state index contributed by atoms with van der Waals surface area (Å²) in [5.74, 6) is 0.897. The molecule has 8 nitrogen and oxygen atoms in total. The van der Waals surface area contributed by atoms with Crippen molar-refractivity contribution in [2.75, 3.05) is 20.8 Å². The second-order valence-electron chi connectivity index (χ2n) is 4.40. The summed E-state index contributed by atoms with van der Waals surface area (Å²) in [4.78, 5) is 2.08. The summed E-state index contributed by atoms with van der Waals surface area (Å²) in [6, 6.07) is 0. The minimum atomic E-state index is 0.640. The normalized spacial score (nSPS) is 11.4. The van der Waals surface area contributed by atoms with Crippen molar-refractivity contribution in [3.8, 4) is 0 Å². The lowest BCUT2D eigenvalue weighted by Gasteiger charge is -2.15. The predicted octanol–water partition coefficient (Wildman–Crippen LogP) is 0.248. The van der Waals surface area contributed by atoms with Crippen LogP contribution in [0.25, 0.3) is 0 Å². The second kappa shape index (κ2) is 6.39. The van der Waals surface area contributed by atoms with Gasteiger partial charge in [-0.25, -0.2) is 4.63 Å². The van der Waals surface area contributed by atoms with Crippen LogP contribution in [0.15, 0.2) is 11.0 Å². The van der Waals surface area contributed by atoms with Crippen molar-refractivity contribution in [1.29, 1.82) is 0 Å². The first-order chi connectivity index (χ1) is 9.20. The number of ether oxygens (including phenoxy) is 1. The summed E-state index contributed by atoms with van der Waals surface area (Å²) in [5, 5.41) is 15.7. The highest BCUT2D eigenvalue weighted by Gasteiger charge is 2.12. The minimum absolute atomic E-state index is 0.640. The lowest BCUT2D eigenvalue weighted by atomic mass is 10.3. The first kappa shape index (κ1) is 13.6. The maximum Gasteiger partial charge on any atom is 0.147 e. The van der Waals surface area contributed by atoms with Crippen LogP contribution < -0.4 is 0 Å². The molecule has 0 bridgehead atoms. The van der Waals surface area contributed by atoms with E-state index in [1.807, 2.05) is 18.5 Å². The van der Waals surface area contributed by atoms with Gasteiger partial charge in [0.25, 0.3) is 0 Å². The maximum absolute atomic E-state index is 5.06. The molecule has 0 aliphatic heterocycles. The maximum atomic E-state index is 5.06. The average Bonchev–Trinajstić information content (AvgIpc) is 2.97. The standard InChI is InChI=1S/C11H18N6O2/c1-9-10(15-19-14-9)6-16(2)7-11-13-12-8-17(11)4-5-18-3/h8H,4-7H2,1-3H3. The number of rotatable bonds is 7. The second-order valence-corrected chi connectivity index (χ2v) is 4.40. The van der Waals surface area contributed by atoms with Crippen LogP contribution in [0.4, 0.5) is 0 Å². The van der Waals surface area contributed by atoms with Crippen LogP contribution in [0.1, 0.15) is 17.2 Å². The van der Waals surface area contributed by atoms with Gasteiger partial charge in [0.2, 0.25) is 0 Å². The molecule has 0 fully saturated rings. The van der Waals surface area contributed by atoms with Gasteiger partial charge < -0.3 is 9.30 Å². The third-order valence-corrected chi connectivity index (χ3v) is 2.81. The predicted molar refractivity (Wildman–Crippen MR) is 66.1 cm³/mol. The number of methoxy groups -OCH3 is 1. The van der Waals surface area contributed by atoms with Crippen LogP contribution in [0, 0.1) is 6.92 Å². The molecule has 0 aliphatic rings. The molecular formula is C11H18N6O2. The molecule has 0 spiro atoms. The number of aromatic nitrogens is 5. The molecule has 0 aromatic carbocycles. The van der Waals surface area contributed by atoms with E-state index in [1.165, 1.54) is 0 Å². The van der Waals surface area contributed by atoms with E-state index < -0.39 is 0 Å². The molecule has 0 radical (unpaired) electrons. The lowest BCUT2D eigenvalue weighted by Crippen LogP contribution is -2.21. The number of nitrogens with zero attached hydrogens (tertiary/aromatic N) is 6. The van der Waals surface area contributed by atoms with E-state index in [2.05, 4.69) is 30.0 Å². The Morgan fingerprint density at radius 2 is 2.21 bits per heavy atom. The molecular weight excluding hydrogens is 248 g/mol. The minimum Gasteiger partial charge on any atom is -0.383 e. The summed E-state index contributed by atoms with van der Waals surface area (Å²) in [5.41, 5.74) is 1.65. The molecule has 2 aromatic heterocycles. The van der Waals surface area contributed by atoms with E-state index in [-0.39, 0.29) is 0 Å². The van der Waals surface area contributed by atoms with Gasteiger partial charge in [0.1, 0.15) is 23.5 Å². The Kier molecular flexibility index (Phi) is 4.58. The van der Waals surface area contributed by atoms with Crippen LogP contribution in [-0.2, 0) is 24.4 Å². The molecule has 19 heavy (non-hydrogen) atoms. The Bertz CT molecular complexity index is 509. The molecule has 0 unspecified atom stereocenters. The Labute approximate surface area is 111 Å². The third-order valence-electron chi connectivity index (χ3n) is 2.81. The molecule has 104 valence electrons. The van der Waals surface area contributed by atoms with Crippen LogP contribution in [0.3, 0.4) is 0 Å². The van der Waals surface area contributed by atoms with Gasteiger partial charge in [-0.1, -0.05) is 10.3 Å². The fourth-order valence-corrected chi connectivity index (χ4v) is 1.72. The molecule has 2 rings (SSSR count). The summed E-state index contributed by atoms with van der Waals surface area (Å²) in [7, 11) is 3.67. The smallest absolute Gasteiger partial charge is 0.147 e. The number of hydrogen-bond donors (Lipinski definition) is 0. The Hall–Kier alpha value is -1.80. The highest BCUT2D eigenvalue weighted by molar-refractivity contribution is 5.04. The zero-order chi connectivity index (χ0) is 13.7. The van der Waals surface area contributed by atoms with Gasteiger partial charge in [-0.05, 0) is 14.0 Å². The molecule has 0 aliphatic carbocycles. The Morgan fingerprint density at radius 3 is 2.89 bits per heavy atom. The molecule has 0 N–H and O–H groups in total. The Balaban J connectivity index is 1.93. The van der Waals surface area contributed by atoms with Gasteiger partial charge in [-0.3, -0.25) is 4.90 Å². The SMILES string of the molecule is COCCn1cnnc1CN(C)Cc1nonc1C. The van der Waals surface area contributed by atoms with E-state index in [1.54, 1.807) is 13.4 Å². The number of hydrogen-bond acceptors (Lipinski definition) is 7.